The Labute approximate surface area is 115 Å². The first kappa shape index (κ1) is 13.5. The van der Waals surface area contributed by atoms with Gasteiger partial charge in [0.05, 0.1) is 9.40 Å². The lowest BCUT2D eigenvalue weighted by atomic mass is 9.95. The highest BCUT2D eigenvalue weighted by Crippen LogP contribution is 2.26. The van der Waals surface area contributed by atoms with Crippen LogP contribution in [0.1, 0.15) is 37.7 Å². The lowest BCUT2D eigenvalue weighted by molar-refractivity contribution is -0.385. The molecule has 1 aliphatic rings. The summed E-state index contributed by atoms with van der Waals surface area (Å²) < 4.78 is 0.536. The second kappa shape index (κ2) is 6.29. The molecule has 0 saturated heterocycles. The zero-order chi connectivity index (χ0) is 13.0. The predicted octanol–water partition coefficient (Wildman–Crippen LogP) is 3.78. The Morgan fingerprint density at radius 1 is 1.33 bits per heavy atom. The predicted molar refractivity (Wildman–Crippen MR) is 74.5 cm³/mol. The Bertz CT molecular complexity index is 431. The zero-order valence-electron chi connectivity index (χ0n) is 10.2. The maximum Gasteiger partial charge on any atom is 0.283 e. The van der Waals surface area contributed by atoms with Crippen molar-refractivity contribution in [1.29, 1.82) is 0 Å². The average molecular weight is 313 g/mol. The van der Waals surface area contributed by atoms with Gasteiger partial charge in [-0.25, -0.2) is 0 Å². The number of nitrogens with one attached hydrogen (secondary N) is 1. The third-order valence-electron chi connectivity index (χ3n) is 3.41. The zero-order valence-corrected chi connectivity index (χ0v) is 11.8. The molecule has 1 aromatic carbocycles. The summed E-state index contributed by atoms with van der Waals surface area (Å²) in [6.45, 7) is 0.707. The first-order valence-electron chi connectivity index (χ1n) is 6.33. The number of hydrogen-bond acceptors (Lipinski definition) is 3. The summed E-state index contributed by atoms with van der Waals surface area (Å²) in [5.41, 5.74) is 1.11. The van der Waals surface area contributed by atoms with E-state index in [2.05, 4.69) is 21.2 Å². The maximum atomic E-state index is 10.8. The Kier molecular flexibility index (Phi) is 4.72. The second-order valence-corrected chi connectivity index (χ2v) is 5.61. The van der Waals surface area contributed by atoms with Crippen LogP contribution in [0.25, 0.3) is 0 Å². The van der Waals surface area contributed by atoms with Crippen LogP contribution >= 0.6 is 15.9 Å². The minimum atomic E-state index is -0.353. The van der Waals surface area contributed by atoms with E-state index >= 15 is 0 Å². The molecular formula is C13H17BrN2O2. The molecule has 98 valence electrons. The largest absolute Gasteiger partial charge is 0.310 e. The summed E-state index contributed by atoms with van der Waals surface area (Å²) in [7, 11) is 0. The minimum absolute atomic E-state index is 0.137. The van der Waals surface area contributed by atoms with Crippen molar-refractivity contribution in [3.63, 3.8) is 0 Å². The number of benzene rings is 1. The smallest absolute Gasteiger partial charge is 0.283 e. The van der Waals surface area contributed by atoms with Crippen molar-refractivity contribution in [2.45, 2.75) is 44.7 Å². The van der Waals surface area contributed by atoms with Crippen LogP contribution in [-0.4, -0.2) is 11.0 Å². The molecule has 0 heterocycles. The van der Waals surface area contributed by atoms with Gasteiger partial charge in [0.25, 0.3) is 5.69 Å². The number of hydrogen-bond donors (Lipinski definition) is 1. The Morgan fingerprint density at radius 3 is 2.72 bits per heavy atom. The Morgan fingerprint density at radius 2 is 2.06 bits per heavy atom. The van der Waals surface area contributed by atoms with E-state index in [9.17, 15) is 10.1 Å². The summed E-state index contributed by atoms with van der Waals surface area (Å²) in [5, 5.41) is 14.3. The summed E-state index contributed by atoms with van der Waals surface area (Å²) >= 11 is 3.20. The molecule has 0 aromatic heterocycles. The first-order valence-corrected chi connectivity index (χ1v) is 7.12. The van der Waals surface area contributed by atoms with Crippen molar-refractivity contribution in [3.05, 3.63) is 38.3 Å². The molecule has 1 N–H and O–H groups in total. The summed E-state index contributed by atoms with van der Waals surface area (Å²) in [6, 6.07) is 5.88. The van der Waals surface area contributed by atoms with Crippen molar-refractivity contribution in [2.75, 3.05) is 0 Å². The summed E-state index contributed by atoms with van der Waals surface area (Å²) in [4.78, 5) is 10.5. The average Bonchev–Trinajstić information content (AvgIpc) is 2.38. The van der Waals surface area contributed by atoms with E-state index in [1.165, 1.54) is 32.1 Å². The van der Waals surface area contributed by atoms with E-state index in [1.54, 1.807) is 12.1 Å². The first-order chi connectivity index (χ1) is 8.66. The molecule has 0 spiro atoms. The van der Waals surface area contributed by atoms with E-state index in [4.69, 9.17) is 0 Å². The number of nitrogens with zero attached hydrogens (tertiary/aromatic N) is 1. The van der Waals surface area contributed by atoms with E-state index in [1.807, 2.05) is 6.07 Å². The number of nitro groups is 1. The Balaban J connectivity index is 1.96. The van der Waals surface area contributed by atoms with Crippen molar-refractivity contribution >= 4 is 21.6 Å². The van der Waals surface area contributed by atoms with Gasteiger partial charge < -0.3 is 5.32 Å². The molecule has 1 aliphatic carbocycles. The molecular weight excluding hydrogens is 296 g/mol. The number of halogens is 1. The molecule has 0 unspecified atom stereocenters. The molecule has 1 fully saturated rings. The van der Waals surface area contributed by atoms with Crippen LogP contribution in [0.3, 0.4) is 0 Å². The van der Waals surface area contributed by atoms with Crippen LogP contribution < -0.4 is 5.32 Å². The second-order valence-electron chi connectivity index (χ2n) is 4.76. The molecule has 2 rings (SSSR count). The minimum Gasteiger partial charge on any atom is -0.310 e. The van der Waals surface area contributed by atoms with Crippen LogP contribution in [0, 0.1) is 10.1 Å². The number of rotatable bonds is 4. The van der Waals surface area contributed by atoms with Crippen molar-refractivity contribution in [3.8, 4) is 0 Å². The molecule has 0 bridgehead atoms. The van der Waals surface area contributed by atoms with Gasteiger partial charge in [0, 0.05) is 18.7 Å². The standard InChI is InChI=1S/C13H17BrN2O2/c14-12-7-6-10(8-13(12)16(17)18)9-15-11-4-2-1-3-5-11/h6-8,11,15H,1-5,9H2. The summed E-state index contributed by atoms with van der Waals surface area (Å²) in [6.07, 6.45) is 6.36. The lowest BCUT2D eigenvalue weighted by Crippen LogP contribution is -2.30. The van der Waals surface area contributed by atoms with Crippen LogP contribution in [0.4, 0.5) is 5.69 Å². The monoisotopic (exact) mass is 312 g/mol. The van der Waals surface area contributed by atoms with Crippen LogP contribution in [0.5, 0.6) is 0 Å². The molecule has 18 heavy (non-hydrogen) atoms. The fourth-order valence-electron chi connectivity index (χ4n) is 2.38. The molecule has 0 atom stereocenters. The van der Waals surface area contributed by atoms with E-state index in [0.717, 1.165) is 5.56 Å². The fraction of sp³-hybridized carbons (Fsp3) is 0.538. The van der Waals surface area contributed by atoms with Crippen LogP contribution in [0.15, 0.2) is 22.7 Å². The quantitative estimate of drug-likeness (QED) is 0.680. The van der Waals surface area contributed by atoms with Gasteiger partial charge in [0.15, 0.2) is 0 Å². The van der Waals surface area contributed by atoms with Crippen LogP contribution in [-0.2, 0) is 6.54 Å². The molecule has 1 saturated carbocycles. The van der Waals surface area contributed by atoms with E-state index in [-0.39, 0.29) is 10.6 Å². The van der Waals surface area contributed by atoms with Crippen molar-refractivity contribution in [2.24, 2.45) is 0 Å². The molecule has 5 heteroatoms. The van der Waals surface area contributed by atoms with E-state index < -0.39 is 0 Å². The molecule has 0 amide bonds. The van der Waals surface area contributed by atoms with Gasteiger partial charge in [-0.3, -0.25) is 10.1 Å². The van der Waals surface area contributed by atoms with Gasteiger partial charge >= 0.3 is 0 Å². The van der Waals surface area contributed by atoms with Gasteiger partial charge in [-0.15, -0.1) is 0 Å². The van der Waals surface area contributed by atoms with Gasteiger partial charge in [-0.05, 0) is 40.4 Å². The van der Waals surface area contributed by atoms with Gasteiger partial charge in [-0.2, -0.15) is 0 Å². The van der Waals surface area contributed by atoms with E-state index in [0.29, 0.717) is 17.1 Å². The SMILES string of the molecule is O=[N+]([O-])c1cc(CNC2CCCCC2)ccc1Br. The third kappa shape index (κ3) is 3.53. The number of nitro benzene ring substituents is 1. The molecule has 4 nitrogen and oxygen atoms in total. The maximum absolute atomic E-state index is 10.8. The van der Waals surface area contributed by atoms with Gasteiger partial charge in [-0.1, -0.05) is 25.3 Å². The highest BCUT2D eigenvalue weighted by molar-refractivity contribution is 9.10. The normalized spacial score (nSPS) is 16.7. The highest BCUT2D eigenvalue weighted by atomic mass is 79.9. The van der Waals surface area contributed by atoms with Crippen molar-refractivity contribution in [1.82, 2.24) is 5.32 Å². The summed E-state index contributed by atoms with van der Waals surface area (Å²) in [5.74, 6) is 0. The highest BCUT2D eigenvalue weighted by Gasteiger charge is 2.15. The van der Waals surface area contributed by atoms with Crippen molar-refractivity contribution < 1.29 is 4.92 Å². The lowest BCUT2D eigenvalue weighted by Gasteiger charge is -2.22. The fourth-order valence-corrected chi connectivity index (χ4v) is 2.77. The molecule has 0 aliphatic heterocycles. The Hall–Kier alpha value is -0.940. The van der Waals surface area contributed by atoms with Gasteiger partial charge in [0.2, 0.25) is 0 Å². The van der Waals surface area contributed by atoms with Crippen LogP contribution in [0.2, 0.25) is 0 Å². The topological polar surface area (TPSA) is 55.2 Å². The molecule has 1 aromatic rings. The molecule has 0 radical (unpaired) electrons. The third-order valence-corrected chi connectivity index (χ3v) is 4.08. The van der Waals surface area contributed by atoms with Gasteiger partial charge in [0.1, 0.15) is 0 Å².